The molecular weight excluding hydrogens is 220 g/mol. The molecule has 2 unspecified atom stereocenters. The predicted octanol–water partition coefficient (Wildman–Crippen LogP) is 1.25. The number of hydrogen-bond acceptors (Lipinski definition) is 4. The molecule has 0 aliphatic rings. The highest BCUT2D eigenvalue weighted by Gasteiger charge is 2.17. The van der Waals surface area contributed by atoms with E-state index in [0.717, 1.165) is 5.75 Å². The largest absolute Gasteiger partial charge is 0.491 e. The molecule has 0 saturated carbocycles. The second-order valence-electron chi connectivity index (χ2n) is 4.26. The molecule has 3 N–H and O–H groups in total. The van der Waals surface area contributed by atoms with Crippen LogP contribution >= 0.6 is 0 Å². The maximum atomic E-state index is 9.79. The van der Waals surface area contributed by atoms with E-state index in [4.69, 9.17) is 9.84 Å². The smallest absolute Gasteiger partial charge is 0.119 e. The Morgan fingerprint density at radius 3 is 2.18 bits per heavy atom. The van der Waals surface area contributed by atoms with Gasteiger partial charge in [0.15, 0.2) is 0 Å². The third-order valence-electron chi connectivity index (χ3n) is 2.38. The fraction of sp³-hybridized carbons (Fsp3) is 0.538. The summed E-state index contributed by atoms with van der Waals surface area (Å²) in [6.45, 7) is 3.73. The lowest BCUT2D eigenvalue weighted by atomic mass is 10.0. The van der Waals surface area contributed by atoms with Crippen LogP contribution < -0.4 is 4.74 Å². The van der Waals surface area contributed by atoms with E-state index >= 15 is 0 Å². The van der Waals surface area contributed by atoms with Crippen LogP contribution in [-0.4, -0.2) is 34.1 Å². The van der Waals surface area contributed by atoms with E-state index < -0.39 is 12.2 Å². The van der Waals surface area contributed by atoms with Gasteiger partial charge in [0.2, 0.25) is 0 Å². The van der Waals surface area contributed by atoms with Crippen molar-refractivity contribution >= 4 is 0 Å². The summed E-state index contributed by atoms with van der Waals surface area (Å²) >= 11 is 0. The topological polar surface area (TPSA) is 69.9 Å². The maximum absolute atomic E-state index is 9.79. The molecule has 0 radical (unpaired) electrons. The fourth-order valence-corrected chi connectivity index (χ4v) is 1.53. The van der Waals surface area contributed by atoms with Crippen molar-refractivity contribution in [3.8, 4) is 5.75 Å². The lowest BCUT2D eigenvalue weighted by Crippen LogP contribution is -2.19. The highest BCUT2D eigenvalue weighted by atomic mass is 16.5. The molecule has 0 aliphatic carbocycles. The molecule has 0 spiro atoms. The van der Waals surface area contributed by atoms with E-state index in [1.54, 1.807) is 24.3 Å². The minimum Gasteiger partial charge on any atom is -0.491 e. The lowest BCUT2D eigenvalue weighted by molar-refractivity contribution is 0.00418. The third-order valence-corrected chi connectivity index (χ3v) is 2.38. The van der Waals surface area contributed by atoms with Crippen LogP contribution in [0, 0.1) is 0 Å². The van der Waals surface area contributed by atoms with Gasteiger partial charge < -0.3 is 20.1 Å². The average Bonchev–Trinajstić information content (AvgIpc) is 2.28. The van der Waals surface area contributed by atoms with Gasteiger partial charge >= 0.3 is 0 Å². The number of rotatable bonds is 6. The molecule has 0 fully saturated rings. The van der Waals surface area contributed by atoms with Gasteiger partial charge in [-0.1, -0.05) is 12.1 Å². The Bertz CT molecular complexity index is 321. The molecule has 0 aromatic heterocycles. The number of aliphatic hydroxyl groups is 3. The predicted molar refractivity (Wildman–Crippen MR) is 64.9 cm³/mol. The van der Waals surface area contributed by atoms with Gasteiger partial charge in [0, 0.05) is 6.61 Å². The molecule has 0 saturated heterocycles. The van der Waals surface area contributed by atoms with E-state index in [-0.39, 0.29) is 19.1 Å². The zero-order valence-corrected chi connectivity index (χ0v) is 10.2. The van der Waals surface area contributed by atoms with Crippen LogP contribution in [0.3, 0.4) is 0 Å². The minimum atomic E-state index is -0.977. The Morgan fingerprint density at radius 2 is 1.71 bits per heavy atom. The number of hydrogen-bond donors (Lipinski definition) is 3. The van der Waals surface area contributed by atoms with Gasteiger partial charge in [-0.25, -0.2) is 0 Å². The van der Waals surface area contributed by atoms with E-state index in [9.17, 15) is 10.2 Å². The minimum absolute atomic E-state index is 0.103. The number of benzene rings is 1. The second kappa shape index (κ2) is 6.59. The molecule has 4 nitrogen and oxygen atoms in total. The molecule has 2 atom stereocenters. The molecule has 0 heterocycles. The summed E-state index contributed by atoms with van der Waals surface area (Å²) in [4.78, 5) is 0. The molecule has 1 rings (SSSR count). The first-order chi connectivity index (χ1) is 8.04. The summed E-state index contributed by atoms with van der Waals surface area (Å²) < 4.78 is 5.47. The quantitative estimate of drug-likeness (QED) is 0.700. The van der Waals surface area contributed by atoms with Crippen molar-refractivity contribution in [2.45, 2.75) is 38.6 Å². The molecule has 1 aromatic rings. The summed E-state index contributed by atoms with van der Waals surface area (Å²) in [6.07, 6.45) is -1.66. The van der Waals surface area contributed by atoms with Crippen LogP contribution in [0.15, 0.2) is 24.3 Å². The van der Waals surface area contributed by atoms with Gasteiger partial charge in [-0.15, -0.1) is 0 Å². The van der Waals surface area contributed by atoms with Gasteiger partial charge in [-0.2, -0.15) is 0 Å². The van der Waals surface area contributed by atoms with E-state index in [0.29, 0.717) is 5.56 Å². The van der Waals surface area contributed by atoms with Gasteiger partial charge in [0.1, 0.15) is 11.9 Å². The van der Waals surface area contributed by atoms with Crippen molar-refractivity contribution < 1.29 is 20.1 Å². The molecule has 4 heteroatoms. The van der Waals surface area contributed by atoms with Crippen LogP contribution in [0.4, 0.5) is 0 Å². The van der Waals surface area contributed by atoms with Crippen LogP contribution in [-0.2, 0) is 0 Å². The van der Waals surface area contributed by atoms with E-state index in [1.807, 2.05) is 13.8 Å². The summed E-state index contributed by atoms with van der Waals surface area (Å²) in [5.41, 5.74) is 0.613. The van der Waals surface area contributed by atoms with Gasteiger partial charge in [0.25, 0.3) is 0 Å². The molecule has 0 amide bonds. The number of ether oxygens (including phenoxy) is 1. The van der Waals surface area contributed by atoms with Crippen molar-refractivity contribution in [3.05, 3.63) is 29.8 Å². The Hall–Kier alpha value is -1.10. The monoisotopic (exact) mass is 240 g/mol. The standard InChI is InChI=1S/C13H20O4/c1-9(2)17-11-5-3-10(4-6-11)13(16)12(15)7-8-14/h3-6,9,12-16H,7-8H2,1-2H3. The van der Waals surface area contributed by atoms with Crippen LogP contribution in [0.2, 0.25) is 0 Å². The van der Waals surface area contributed by atoms with E-state index in [2.05, 4.69) is 0 Å². The average molecular weight is 240 g/mol. The molecule has 17 heavy (non-hydrogen) atoms. The van der Waals surface area contributed by atoms with Crippen LogP contribution in [0.25, 0.3) is 0 Å². The normalized spacial score (nSPS) is 14.7. The summed E-state index contributed by atoms with van der Waals surface area (Å²) in [5.74, 6) is 0.729. The number of aliphatic hydroxyl groups excluding tert-OH is 3. The van der Waals surface area contributed by atoms with Crippen molar-refractivity contribution in [1.82, 2.24) is 0 Å². The molecule has 0 bridgehead atoms. The fourth-order valence-electron chi connectivity index (χ4n) is 1.53. The Balaban J connectivity index is 2.66. The van der Waals surface area contributed by atoms with Gasteiger partial charge in [-0.3, -0.25) is 0 Å². The molecular formula is C13H20O4. The Morgan fingerprint density at radius 1 is 1.12 bits per heavy atom. The Labute approximate surface area is 101 Å². The summed E-state index contributed by atoms with van der Waals surface area (Å²) in [5, 5.41) is 28.0. The third kappa shape index (κ3) is 4.34. The first kappa shape index (κ1) is 14.0. The second-order valence-corrected chi connectivity index (χ2v) is 4.26. The maximum Gasteiger partial charge on any atom is 0.119 e. The first-order valence-corrected chi connectivity index (χ1v) is 5.78. The summed E-state index contributed by atoms with van der Waals surface area (Å²) in [6, 6.07) is 6.93. The first-order valence-electron chi connectivity index (χ1n) is 5.78. The Kier molecular flexibility index (Phi) is 5.41. The molecule has 96 valence electrons. The van der Waals surface area contributed by atoms with Crippen molar-refractivity contribution in [3.63, 3.8) is 0 Å². The zero-order chi connectivity index (χ0) is 12.8. The van der Waals surface area contributed by atoms with Gasteiger partial charge in [0.05, 0.1) is 12.2 Å². The molecule has 1 aromatic carbocycles. The van der Waals surface area contributed by atoms with Crippen LogP contribution in [0.5, 0.6) is 5.75 Å². The van der Waals surface area contributed by atoms with Crippen molar-refractivity contribution in [2.24, 2.45) is 0 Å². The van der Waals surface area contributed by atoms with Crippen molar-refractivity contribution in [1.29, 1.82) is 0 Å². The van der Waals surface area contributed by atoms with Gasteiger partial charge in [-0.05, 0) is 38.0 Å². The lowest BCUT2D eigenvalue weighted by Gasteiger charge is -2.18. The van der Waals surface area contributed by atoms with E-state index in [1.165, 1.54) is 0 Å². The van der Waals surface area contributed by atoms with Crippen LogP contribution in [0.1, 0.15) is 31.9 Å². The molecule has 0 aliphatic heterocycles. The SMILES string of the molecule is CC(C)Oc1ccc(C(O)C(O)CCO)cc1. The van der Waals surface area contributed by atoms with Crippen molar-refractivity contribution in [2.75, 3.05) is 6.61 Å². The highest BCUT2D eigenvalue weighted by Crippen LogP contribution is 2.22. The summed E-state index contributed by atoms with van der Waals surface area (Å²) in [7, 11) is 0. The zero-order valence-electron chi connectivity index (χ0n) is 10.2. The highest BCUT2D eigenvalue weighted by molar-refractivity contribution is 5.29.